The molecule has 0 aliphatic rings. The first kappa shape index (κ1) is 15.9. The van der Waals surface area contributed by atoms with Crippen LogP contribution in [0.5, 0.6) is 5.75 Å². The molecule has 3 N–H and O–H groups in total. The van der Waals surface area contributed by atoms with Crippen molar-refractivity contribution in [2.24, 2.45) is 0 Å². The summed E-state index contributed by atoms with van der Waals surface area (Å²) in [7, 11) is 0. The van der Waals surface area contributed by atoms with Crippen molar-refractivity contribution in [3.05, 3.63) is 29.8 Å². The molecule has 0 saturated carbocycles. The van der Waals surface area contributed by atoms with Crippen LogP contribution in [0.25, 0.3) is 0 Å². The van der Waals surface area contributed by atoms with Crippen LogP contribution in [0.4, 0.5) is 0 Å². The minimum atomic E-state index is -0.548. The molecule has 0 spiro atoms. The molecule has 108 valence electrons. The zero-order valence-electron chi connectivity index (χ0n) is 11.3. The zero-order chi connectivity index (χ0) is 13.9. The lowest BCUT2D eigenvalue weighted by atomic mass is 10.1. The third-order valence-electron chi connectivity index (χ3n) is 2.57. The van der Waals surface area contributed by atoms with Crippen LogP contribution in [0, 0.1) is 0 Å². The minimum Gasteiger partial charge on any atom is -0.494 e. The molecule has 1 unspecified atom stereocenters. The number of aliphatic hydroxyl groups is 2. The van der Waals surface area contributed by atoms with Crippen LogP contribution in [-0.2, 0) is 4.74 Å². The lowest BCUT2D eigenvalue weighted by Gasteiger charge is -2.13. The molecule has 0 saturated heterocycles. The largest absolute Gasteiger partial charge is 0.494 e. The smallest absolute Gasteiger partial charge is 0.119 e. The Morgan fingerprint density at radius 3 is 2.58 bits per heavy atom. The van der Waals surface area contributed by atoms with Crippen LogP contribution in [0.15, 0.2) is 24.3 Å². The van der Waals surface area contributed by atoms with E-state index in [4.69, 9.17) is 14.6 Å². The van der Waals surface area contributed by atoms with E-state index in [9.17, 15) is 5.11 Å². The SMILES string of the molecule is CCOc1ccc(C(O)CNCCOCCO)cc1. The van der Waals surface area contributed by atoms with Gasteiger partial charge in [-0.1, -0.05) is 12.1 Å². The summed E-state index contributed by atoms with van der Waals surface area (Å²) in [5.41, 5.74) is 0.854. The predicted octanol–water partition coefficient (Wildman–Crippen LogP) is 0.717. The molecule has 0 aromatic heterocycles. The highest BCUT2D eigenvalue weighted by Gasteiger charge is 2.06. The van der Waals surface area contributed by atoms with Gasteiger partial charge in [-0.15, -0.1) is 0 Å². The van der Waals surface area contributed by atoms with Crippen molar-refractivity contribution in [2.75, 3.05) is 39.5 Å². The maximum absolute atomic E-state index is 9.96. The Bertz CT molecular complexity index is 329. The second kappa shape index (κ2) is 9.75. The number of hydrogen-bond acceptors (Lipinski definition) is 5. The molecule has 0 fully saturated rings. The Kier molecular flexibility index (Phi) is 8.16. The van der Waals surface area contributed by atoms with Crippen molar-refractivity contribution >= 4 is 0 Å². The second-order valence-electron chi connectivity index (χ2n) is 4.06. The van der Waals surface area contributed by atoms with E-state index in [1.165, 1.54) is 0 Å². The number of rotatable bonds is 10. The normalized spacial score (nSPS) is 12.4. The summed E-state index contributed by atoms with van der Waals surface area (Å²) in [6.07, 6.45) is -0.548. The fraction of sp³-hybridized carbons (Fsp3) is 0.571. The average Bonchev–Trinajstić information content (AvgIpc) is 2.43. The first-order chi connectivity index (χ1) is 9.27. The summed E-state index contributed by atoms with van der Waals surface area (Å²) >= 11 is 0. The van der Waals surface area contributed by atoms with E-state index in [-0.39, 0.29) is 6.61 Å². The van der Waals surface area contributed by atoms with Crippen molar-refractivity contribution in [1.82, 2.24) is 5.32 Å². The highest BCUT2D eigenvalue weighted by Crippen LogP contribution is 2.17. The molecule has 19 heavy (non-hydrogen) atoms. The van der Waals surface area contributed by atoms with Crippen LogP contribution in [-0.4, -0.2) is 49.7 Å². The highest BCUT2D eigenvalue weighted by molar-refractivity contribution is 5.28. The van der Waals surface area contributed by atoms with E-state index in [2.05, 4.69) is 5.32 Å². The Morgan fingerprint density at radius 2 is 1.95 bits per heavy atom. The van der Waals surface area contributed by atoms with E-state index >= 15 is 0 Å². The monoisotopic (exact) mass is 269 g/mol. The predicted molar refractivity (Wildman–Crippen MR) is 73.3 cm³/mol. The lowest BCUT2D eigenvalue weighted by molar-refractivity contribution is 0.0910. The van der Waals surface area contributed by atoms with E-state index in [1.807, 2.05) is 31.2 Å². The average molecular weight is 269 g/mol. The van der Waals surface area contributed by atoms with Gasteiger partial charge in [-0.2, -0.15) is 0 Å². The minimum absolute atomic E-state index is 0.0365. The van der Waals surface area contributed by atoms with Gasteiger partial charge in [0.05, 0.1) is 32.5 Å². The first-order valence-electron chi connectivity index (χ1n) is 6.58. The van der Waals surface area contributed by atoms with Gasteiger partial charge >= 0.3 is 0 Å². The summed E-state index contributed by atoms with van der Waals surface area (Å²) in [6, 6.07) is 7.43. The third-order valence-corrected chi connectivity index (χ3v) is 2.57. The molecule has 0 radical (unpaired) electrons. The highest BCUT2D eigenvalue weighted by atomic mass is 16.5. The van der Waals surface area contributed by atoms with Gasteiger partial charge in [-0.25, -0.2) is 0 Å². The molecule has 1 aromatic carbocycles. The molecule has 0 amide bonds. The molecular formula is C14H23NO4. The van der Waals surface area contributed by atoms with Crippen molar-refractivity contribution < 1.29 is 19.7 Å². The maximum atomic E-state index is 9.96. The Labute approximate surface area is 114 Å². The van der Waals surface area contributed by atoms with Crippen molar-refractivity contribution in [1.29, 1.82) is 0 Å². The Hall–Kier alpha value is -1.14. The number of benzene rings is 1. The number of ether oxygens (including phenoxy) is 2. The molecule has 1 atom stereocenters. The van der Waals surface area contributed by atoms with E-state index in [0.29, 0.717) is 32.9 Å². The van der Waals surface area contributed by atoms with Gasteiger partial charge in [-0.05, 0) is 24.6 Å². The number of nitrogens with one attached hydrogen (secondary N) is 1. The molecule has 0 bridgehead atoms. The molecule has 1 aromatic rings. The van der Waals surface area contributed by atoms with Gasteiger partial charge in [0.25, 0.3) is 0 Å². The fourth-order valence-corrected chi connectivity index (χ4v) is 1.62. The fourth-order valence-electron chi connectivity index (χ4n) is 1.62. The van der Waals surface area contributed by atoms with Crippen molar-refractivity contribution in [2.45, 2.75) is 13.0 Å². The van der Waals surface area contributed by atoms with Gasteiger partial charge < -0.3 is 25.0 Å². The number of aliphatic hydroxyl groups excluding tert-OH is 2. The third kappa shape index (κ3) is 6.54. The van der Waals surface area contributed by atoms with E-state index < -0.39 is 6.10 Å². The summed E-state index contributed by atoms with van der Waals surface area (Å²) in [5.74, 6) is 0.809. The van der Waals surface area contributed by atoms with E-state index in [0.717, 1.165) is 11.3 Å². The van der Waals surface area contributed by atoms with Crippen LogP contribution >= 0.6 is 0 Å². The first-order valence-corrected chi connectivity index (χ1v) is 6.58. The zero-order valence-corrected chi connectivity index (χ0v) is 11.3. The van der Waals surface area contributed by atoms with Gasteiger partial charge in [0.1, 0.15) is 5.75 Å². The molecule has 0 heterocycles. The Balaban J connectivity index is 2.23. The molecule has 0 aliphatic heterocycles. The van der Waals surface area contributed by atoms with Gasteiger partial charge in [0.2, 0.25) is 0 Å². The molecule has 5 nitrogen and oxygen atoms in total. The molecule has 5 heteroatoms. The summed E-state index contributed by atoms with van der Waals surface area (Å²) in [5, 5.41) is 21.6. The molecule has 1 rings (SSSR count). The van der Waals surface area contributed by atoms with Crippen molar-refractivity contribution in [3.8, 4) is 5.75 Å². The van der Waals surface area contributed by atoms with Gasteiger partial charge in [0.15, 0.2) is 0 Å². The van der Waals surface area contributed by atoms with Gasteiger partial charge in [0, 0.05) is 13.1 Å². The molecular weight excluding hydrogens is 246 g/mol. The number of hydrogen-bond donors (Lipinski definition) is 3. The summed E-state index contributed by atoms with van der Waals surface area (Å²) in [6.45, 7) is 4.60. The lowest BCUT2D eigenvalue weighted by Crippen LogP contribution is -2.25. The summed E-state index contributed by atoms with van der Waals surface area (Å²) in [4.78, 5) is 0. The van der Waals surface area contributed by atoms with Crippen LogP contribution in [0.1, 0.15) is 18.6 Å². The van der Waals surface area contributed by atoms with Gasteiger partial charge in [-0.3, -0.25) is 0 Å². The van der Waals surface area contributed by atoms with Crippen LogP contribution < -0.4 is 10.1 Å². The van der Waals surface area contributed by atoms with Crippen LogP contribution in [0.3, 0.4) is 0 Å². The maximum Gasteiger partial charge on any atom is 0.119 e. The topological polar surface area (TPSA) is 71.0 Å². The Morgan fingerprint density at radius 1 is 1.21 bits per heavy atom. The van der Waals surface area contributed by atoms with E-state index in [1.54, 1.807) is 0 Å². The standard InChI is InChI=1S/C14H23NO4/c1-2-19-13-5-3-12(4-6-13)14(17)11-15-7-9-18-10-8-16/h3-6,14-17H,2,7-11H2,1H3. The second-order valence-corrected chi connectivity index (χ2v) is 4.06. The summed E-state index contributed by atoms with van der Waals surface area (Å²) < 4.78 is 10.4. The molecule has 0 aliphatic carbocycles. The van der Waals surface area contributed by atoms with Crippen molar-refractivity contribution in [3.63, 3.8) is 0 Å². The van der Waals surface area contributed by atoms with Crippen LogP contribution in [0.2, 0.25) is 0 Å². The quantitative estimate of drug-likeness (QED) is 0.546.